The molecule has 3 rings (SSSR count). The third-order valence-corrected chi connectivity index (χ3v) is 3.40. The van der Waals surface area contributed by atoms with Crippen molar-refractivity contribution in [3.05, 3.63) is 34.4 Å². The molecule has 0 atom stereocenters. The first-order valence-electron chi connectivity index (χ1n) is 6.23. The number of aromatic nitrogens is 2. The van der Waals surface area contributed by atoms with Gasteiger partial charge in [-0.3, -0.25) is 0 Å². The molecule has 0 radical (unpaired) electrons. The molecule has 0 bridgehead atoms. The molecule has 0 unspecified atom stereocenters. The van der Waals surface area contributed by atoms with Gasteiger partial charge < -0.3 is 9.84 Å². The quantitative estimate of drug-likeness (QED) is 0.918. The minimum atomic E-state index is -0.328. The molecule has 0 spiro atoms. The van der Waals surface area contributed by atoms with Gasteiger partial charge in [0.2, 0.25) is 11.7 Å². The van der Waals surface area contributed by atoms with Crippen LogP contribution in [0, 0.1) is 5.82 Å². The van der Waals surface area contributed by atoms with Crippen LogP contribution in [0.2, 0.25) is 0 Å². The fraction of sp³-hybridized carbons (Fsp3) is 0.385. The monoisotopic (exact) mass is 325 g/mol. The van der Waals surface area contributed by atoms with Crippen LogP contribution in [0.3, 0.4) is 0 Å². The lowest BCUT2D eigenvalue weighted by Gasteiger charge is -1.97. The van der Waals surface area contributed by atoms with Gasteiger partial charge in [0.1, 0.15) is 5.82 Å². The molecule has 2 aromatic rings. The van der Waals surface area contributed by atoms with Gasteiger partial charge in [-0.25, -0.2) is 4.39 Å². The Kier molecular flexibility index (Phi) is 3.61. The highest BCUT2D eigenvalue weighted by molar-refractivity contribution is 9.10. The topological polar surface area (TPSA) is 51.0 Å². The second kappa shape index (κ2) is 5.38. The van der Waals surface area contributed by atoms with Crippen molar-refractivity contribution >= 4 is 15.9 Å². The van der Waals surface area contributed by atoms with Crippen LogP contribution in [0.1, 0.15) is 18.7 Å². The lowest BCUT2D eigenvalue weighted by atomic mass is 10.2. The second-order valence-corrected chi connectivity index (χ2v) is 5.56. The predicted molar refractivity (Wildman–Crippen MR) is 72.1 cm³/mol. The molecule has 1 aromatic carbocycles. The molecule has 4 nitrogen and oxygen atoms in total. The molecular formula is C13H13BrFN3O. The van der Waals surface area contributed by atoms with E-state index in [4.69, 9.17) is 4.52 Å². The van der Waals surface area contributed by atoms with Gasteiger partial charge in [-0.15, -0.1) is 0 Å². The molecule has 1 aromatic heterocycles. The minimum Gasteiger partial charge on any atom is -0.339 e. The zero-order valence-corrected chi connectivity index (χ0v) is 11.8. The molecule has 1 fully saturated rings. The minimum absolute atomic E-state index is 0.328. The summed E-state index contributed by atoms with van der Waals surface area (Å²) in [6.07, 6.45) is 3.21. The first-order valence-corrected chi connectivity index (χ1v) is 7.02. The van der Waals surface area contributed by atoms with E-state index in [1.165, 1.54) is 25.0 Å². The van der Waals surface area contributed by atoms with Crippen LogP contribution in [0.5, 0.6) is 0 Å². The van der Waals surface area contributed by atoms with Gasteiger partial charge in [0.25, 0.3) is 0 Å². The summed E-state index contributed by atoms with van der Waals surface area (Å²) in [7, 11) is 0. The van der Waals surface area contributed by atoms with Crippen molar-refractivity contribution in [1.29, 1.82) is 0 Å². The van der Waals surface area contributed by atoms with Gasteiger partial charge in [0.05, 0.1) is 0 Å². The number of halogens is 2. The lowest BCUT2D eigenvalue weighted by Crippen LogP contribution is -2.19. The highest BCUT2D eigenvalue weighted by Gasteiger charge is 2.20. The van der Waals surface area contributed by atoms with Gasteiger partial charge >= 0.3 is 0 Å². The highest BCUT2D eigenvalue weighted by atomic mass is 79.9. The Balaban J connectivity index is 1.68. The maximum Gasteiger partial charge on any atom is 0.228 e. The van der Waals surface area contributed by atoms with Crippen molar-refractivity contribution in [3.63, 3.8) is 0 Å². The zero-order chi connectivity index (χ0) is 13.2. The first-order chi connectivity index (χ1) is 9.20. The molecule has 1 aliphatic rings. The van der Waals surface area contributed by atoms with Crippen LogP contribution in [0.25, 0.3) is 11.4 Å². The van der Waals surface area contributed by atoms with Gasteiger partial charge in [-0.2, -0.15) is 4.98 Å². The Labute approximate surface area is 118 Å². The largest absolute Gasteiger partial charge is 0.339 e. The molecule has 19 heavy (non-hydrogen) atoms. The van der Waals surface area contributed by atoms with Crippen molar-refractivity contribution in [3.8, 4) is 11.4 Å². The van der Waals surface area contributed by atoms with Gasteiger partial charge in [-0.05, 0) is 31.0 Å². The molecule has 1 N–H and O–H groups in total. The molecular weight excluding hydrogens is 313 g/mol. The molecule has 6 heteroatoms. The molecule has 100 valence electrons. The smallest absolute Gasteiger partial charge is 0.228 e. The average molecular weight is 326 g/mol. The Morgan fingerprint density at radius 1 is 1.37 bits per heavy atom. The van der Waals surface area contributed by atoms with Gasteiger partial charge in [-0.1, -0.05) is 21.1 Å². The summed E-state index contributed by atoms with van der Waals surface area (Å²) in [4.78, 5) is 4.27. The van der Waals surface area contributed by atoms with E-state index in [1.807, 2.05) is 0 Å². The third kappa shape index (κ3) is 3.39. The van der Waals surface area contributed by atoms with E-state index in [-0.39, 0.29) is 5.82 Å². The summed E-state index contributed by atoms with van der Waals surface area (Å²) < 4.78 is 19.1. The van der Waals surface area contributed by atoms with Crippen LogP contribution in [-0.2, 0) is 6.42 Å². The van der Waals surface area contributed by atoms with E-state index in [0.29, 0.717) is 34.2 Å². The molecule has 1 heterocycles. The van der Waals surface area contributed by atoms with Crippen molar-refractivity contribution in [2.24, 2.45) is 0 Å². The van der Waals surface area contributed by atoms with E-state index >= 15 is 0 Å². The number of hydrogen-bond acceptors (Lipinski definition) is 4. The molecule has 0 saturated heterocycles. The fourth-order valence-electron chi connectivity index (χ4n) is 1.83. The van der Waals surface area contributed by atoms with E-state index in [0.717, 1.165) is 6.54 Å². The molecule has 1 saturated carbocycles. The van der Waals surface area contributed by atoms with Gasteiger partial charge in [0.15, 0.2) is 0 Å². The van der Waals surface area contributed by atoms with Crippen molar-refractivity contribution in [2.75, 3.05) is 6.54 Å². The van der Waals surface area contributed by atoms with Crippen LogP contribution in [0.4, 0.5) is 4.39 Å². The highest BCUT2D eigenvalue weighted by Crippen LogP contribution is 2.22. The van der Waals surface area contributed by atoms with Crippen molar-refractivity contribution < 1.29 is 8.91 Å². The standard InChI is InChI=1S/C13H13BrFN3O/c14-9-5-8(6-10(15)7-9)13-17-12(19-18-13)3-4-16-11-1-2-11/h5-7,11,16H,1-4H2. The summed E-state index contributed by atoms with van der Waals surface area (Å²) in [6.45, 7) is 0.832. The van der Waals surface area contributed by atoms with E-state index in [2.05, 4.69) is 31.4 Å². The van der Waals surface area contributed by atoms with Crippen LogP contribution in [0.15, 0.2) is 27.2 Å². The molecule has 1 aliphatic carbocycles. The maximum atomic E-state index is 13.3. The lowest BCUT2D eigenvalue weighted by molar-refractivity contribution is 0.376. The van der Waals surface area contributed by atoms with Crippen LogP contribution in [-0.4, -0.2) is 22.7 Å². The van der Waals surface area contributed by atoms with E-state index in [9.17, 15) is 4.39 Å². The maximum absolute atomic E-state index is 13.3. The van der Waals surface area contributed by atoms with E-state index in [1.54, 1.807) is 6.07 Å². The SMILES string of the molecule is Fc1cc(Br)cc(-c2noc(CCNC3CC3)n2)c1. The Morgan fingerprint density at radius 2 is 2.21 bits per heavy atom. The van der Waals surface area contributed by atoms with E-state index < -0.39 is 0 Å². The summed E-state index contributed by atoms with van der Waals surface area (Å²) in [5.41, 5.74) is 0.608. The second-order valence-electron chi connectivity index (χ2n) is 4.65. The predicted octanol–water partition coefficient (Wildman–Crippen LogP) is 2.93. The first kappa shape index (κ1) is 12.7. The average Bonchev–Trinajstić information content (AvgIpc) is 3.04. The summed E-state index contributed by atoms with van der Waals surface area (Å²) >= 11 is 3.25. The number of rotatable bonds is 5. The van der Waals surface area contributed by atoms with Crippen LogP contribution < -0.4 is 5.32 Å². The third-order valence-electron chi connectivity index (χ3n) is 2.94. The van der Waals surface area contributed by atoms with Crippen molar-refractivity contribution in [2.45, 2.75) is 25.3 Å². The molecule has 0 aliphatic heterocycles. The Bertz CT molecular complexity index is 563. The Morgan fingerprint density at radius 3 is 2.95 bits per heavy atom. The van der Waals surface area contributed by atoms with Gasteiger partial charge in [0, 0.05) is 29.0 Å². The number of hydrogen-bond donors (Lipinski definition) is 1. The summed E-state index contributed by atoms with van der Waals surface area (Å²) in [5.74, 6) is 0.663. The fourth-order valence-corrected chi connectivity index (χ4v) is 2.29. The molecule has 0 amide bonds. The zero-order valence-electron chi connectivity index (χ0n) is 10.2. The van der Waals surface area contributed by atoms with Crippen LogP contribution >= 0.6 is 15.9 Å². The summed E-state index contributed by atoms with van der Waals surface area (Å²) in [6, 6.07) is 5.22. The number of nitrogens with zero attached hydrogens (tertiary/aromatic N) is 2. The number of nitrogens with one attached hydrogen (secondary N) is 1. The summed E-state index contributed by atoms with van der Waals surface area (Å²) in [5, 5.41) is 7.26. The normalized spacial score (nSPS) is 14.8. The Hall–Kier alpha value is -1.27. The van der Waals surface area contributed by atoms with Crippen molar-refractivity contribution in [1.82, 2.24) is 15.5 Å². The number of benzene rings is 1.